The van der Waals surface area contributed by atoms with Gasteiger partial charge in [-0.25, -0.2) is 0 Å². The van der Waals surface area contributed by atoms with Crippen LogP contribution in [0.5, 0.6) is 0 Å². The van der Waals surface area contributed by atoms with Crippen molar-refractivity contribution in [3.05, 3.63) is 24.8 Å². The third-order valence-corrected chi connectivity index (χ3v) is 2.55. The van der Waals surface area contributed by atoms with E-state index < -0.39 is 0 Å². The maximum atomic E-state index is 3.87. The highest BCUT2D eigenvalue weighted by Gasteiger charge is 2.21. The zero-order valence-electron chi connectivity index (χ0n) is 7.42. The maximum absolute atomic E-state index is 3.87. The first-order chi connectivity index (χ1) is 5.38. The Bertz CT molecular complexity index is 144. The molecular formula is C11H18. The molecule has 0 N–H and O–H groups in total. The van der Waals surface area contributed by atoms with Gasteiger partial charge in [-0.2, -0.15) is 0 Å². The SMILES string of the molecule is C=C[C@H]1CCC[C@H]1/C=C\CC. The summed E-state index contributed by atoms with van der Waals surface area (Å²) in [7, 11) is 0. The second-order valence-corrected chi connectivity index (χ2v) is 3.33. The van der Waals surface area contributed by atoms with Crippen LogP contribution in [0.15, 0.2) is 24.8 Å². The third-order valence-electron chi connectivity index (χ3n) is 2.55. The summed E-state index contributed by atoms with van der Waals surface area (Å²) in [5.41, 5.74) is 0. The van der Waals surface area contributed by atoms with Gasteiger partial charge in [0.15, 0.2) is 0 Å². The zero-order valence-corrected chi connectivity index (χ0v) is 7.42. The van der Waals surface area contributed by atoms with Crippen LogP contribution in [0, 0.1) is 11.8 Å². The summed E-state index contributed by atoms with van der Waals surface area (Å²) < 4.78 is 0. The first-order valence-electron chi connectivity index (χ1n) is 4.67. The monoisotopic (exact) mass is 150 g/mol. The smallest absolute Gasteiger partial charge is 0.0171 e. The van der Waals surface area contributed by atoms with Crippen LogP contribution in [-0.2, 0) is 0 Å². The van der Waals surface area contributed by atoms with Gasteiger partial charge in [-0.15, -0.1) is 6.58 Å². The van der Waals surface area contributed by atoms with Crippen molar-refractivity contribution >= 4 is 0 Å². The molecular weight excluding hydrogens is 132 g/mol. The van der Waals surface area contributed by atoms with Gasteiger partial charge in [0.2, 0.25) is 0 Å². The Kier molecular flexibility index (Phi) is 3.41. The molecule has 0 unspecified atom stereocenters. The predicted molar refractivity (Wildman–Crippen MR) is 50.5 cm³/mol. The Balaban J connectivity index is 2.43. The van der Waals surface area contributed by atoms with Crippen molar-refractivity contribution in [2.75, 3.05) is 0 Å². The van der Waals surface area contributed by atoms with Gasteiger partial charge in [0.1, 0.15) is 0 Å². The molecule has 0 amide bonds. The van der Waals surface area contributed by atoms with Crippen molar-refractivity contribution < 1.29 is 0 Å². The molecule has 0 heterocycles. The van der Waals surface area contributed by atoms with E-state index >= 15 is 0 Å². The standard InChI is InChI=1S/C11H18/c1-3-5-7-11-9-6-8-10(11)4-2/h4-5,7,10-11H,2-3,6,8-9H2,1H3/b7-5-/t10-,11+/m0/s1. The Morgan fingerprint density at radius 1 is 1.36 bits per heavy atom. The number of hydrogen-bond acceptors (Lipinski definition) is 0. The first-order valence-corrected chi connectivity index (χ1v) is 4.67. The quantitative estimate of drug-likeness (QED) is 0.540. The van der Waals surface area contributed by atoms with Crippen LogP contribution in [0.1, 0.15) is 32.6 Å². The minimum absolute atomic E-state index is 0.762. The number of rotatable bonds is 3. The van der Waals surface area contributed by atoms with Gasteiger partial charge in [-0.1, -0.05) is 31.6 Å². The molecule has 0 aromatic carbocycles. The molecule has 1 fully saturated rings. The Labute approximate surface area is 70.0 Å². The van der Waals surface area contributed by atoms with Crippen LogP contribution in [0.25, 0.3) is 0 Å². The average molecular weight is 150 g/mol. The fourth-order valence-electron chi connectivity index (χ4n) is 1.86. The van der Waals surface area contributed by atoms with Crippen molar-refractivity contribution in [1.82, 2.24) is 0 Å². The summed E-state index contributed by atoms with van der Waals surface area (Å²) in [5.74, 6) is 1.56. The average Bonchev–Trinajstić information content (AvgIpc) is 2.47. The molecule has 0 radical (unpaired) electrons. The fraction of sp³-hybridized carbons (Fsp3) is 0.636. The molecule has 0 aliphatic heterocycles. The third kappa shape index (κ3) is 2.21. The van der Waals surface area contributed by atoms with Gasteiger partial charge in [0.25, 0.3) is 0 Å². The highest BCUT2D eigenvalue weighted by atomic mass is 14.3. The zero-order chi connectivity index (χ0) is 8.10. The van der Waals surface area contributed by atoms with Gasteiger partial charge in [0.05, 0.1) is 0 Å². The summed E-state index contributed by atoms with van der Waals surface area (Å²) in [4.78, 5) is 0. The van der Waals surface area contributed by atoms with Crippen molar-refractivity contribution in [2.45, 2.75) is 32.6 Å². The Morgan fingerprint density at radius 2 is 2.09 bits per heavy atom. The molecule has 0 bridgehead atoms. The summed E-state index contributed by atoms with van der Waals surface area (Å²) in [6.45, 7) is 6.06. The lowest BCUT2D eigenvalue weighted by molar-refractivity contribution is 0.558. The van der Waals surface area contributed by atoms with E-state index in [1.54, 1.807) is 0 Å². The number of allylic oxidation sites excluding steroid dienone is 3. The molecule has 0 nitrogen and oxygen atoms in total. The maximum Gasteiger partial charge on any atom is -0.0171 e. The van der Waals surface area contributed by atoms with Crippen molar-refractivity contribution in [2.24, 2.45) is 11.8 Å². The van der Waals surface area contributed by atoms with E-state index in [-0.39, 0.29) is 0 Å². The Hall–Kier alpha value is -0.520. The van der Waals surface area contributed by atoms with Crippen molar-refractivity contribution in [3.63, 3.8) is 0 Å². The lowest BCUT2D eigenvalue weighted by Gasteiger charge is -2.09. The molecule has 1 aliphatic carbocycles. The molecule has 0 aromatic heterocycles. The van der Waals surface area contributed by atoms with E-state index in [2.05, 4.69) is 31.7 Å². The summed E-state index contributed by atoms with van der Waals surface area (Å²) in [6.07, 6.45) is 12.1. The summed E-state index contributed by atoms with van der Waals surface area (Å²) in [6, 6.07) is 0. The van der Waals surface area contributed by atoms with Crippen LogP contribution in [0.3, 0.4) is 0 Å². The van der Waals surface area contributed by atoms with Gasteiger partial charge in [-0.3, -0.25) is 0 Å². The summed E-state index contributed by atoms with van der Waals surface area (Å²) >= 11 is 0. The highest BCUT2D eigenvalue weighted by Crippen LogP contribution is 2.33. The second-order valence-electron chi connectivity index (χ2n) is 3.33. The van der Waals surface area contributed by atoms with E-state index in [1.807, 2.05) is 0 Å². The topological polar surface area (TPSA) is 0 Å². The Morgan fingerprint density at radius 3 is 2.73 bits per heavy atom. The minimum atomic E-state index is 0.762. The molecule has 0 spiro atoms. The van der Waals surface area contributed by atoms with E-state index in [9.17, 15) is 0 Å². The van der Waals surface area contributed by atoms with Gasteiger partial charge >= 0.3 is 0 Å². The lowest BCUT2D eigenvalue weighted by Crippen LogP contribution is -2.00. The minimum Gasteiger partial charge on any atom is -0.103 e. The van der Waals surface area contributed by atoms with Crippen LogP contribution in [0.4, 0.5) is 0 Å². The molecule has 1 saturated carbocycles. The van der Waals surface area contributed by atoms with E-state index in [0.29, 0.717) is 0 Å². The van der Waals surface area contributed by atoms with Crippen molar-refractivity contribution in [1.29, 1.82) is 0 Å². The molecule has 0 saturated heterocycles. The van der Waals surface area contributed by atoms with Crippen LogP contribution in [0.2, 0.25) is 0 Å². The van der Waals surface area contributed by atoms with Crippen LogP contribution >= 0.6 is 0 Å². The second kappa shape index (κ2) is 4.38. The molecule has 1 aliphatic rings. The molecule has 1 rings (SSSR count). The molecule has 0 heteroatoms. The van der Waals surface area contributed by atoms with E-state index in [0.717, 1.165) is 11.8 Å². The predicted octanol–water partition coefficient (Wildman–Crippen LogP) is 3.55. The molecule has 2 atom stereocenters. The van der Waals surface area contributed by atoms with Gasteiger partial charge < -0.3 is 0 Å². The molecule has 11 heavy (non-hydrogen) atoms. The van der Waals surface area contributed by atoms with Crippen molar-refractivity contribution in [3.8, 4) is 0 Å². The fourth-order valence-corrected chi connectivity index (χ4v) is 1.86. The normalized spacial score (nSPS) is 31.4. The highest BCUT2D eigenvalue weighted by molar-refractivity contribution is 4.99. The summed E-state index contributed by atoms with van der Waals surface area (Å²) in [5, 5.41) is 0. The first kappa shape index (κ1) is 8.58. The van der Waals surface area contributed by atoms with Crippen LogP contribution < -0.4 is 0 Å². The van der Waals surface area contributed by atoms with E-state index in [4.69, 9.17) is 0 Å². The molecule has 0 aromatic rings. The largest absolute Gasteiger partial charge is 0.103 e. The van der Waals surface area contributed by atoms with Gasteiger partial charge in [0, 0.05) is 0 Å². The number of hydrogen-bond donors (Lipinski definition) is 0. The van der Waals surface area contributed by atoms with Crippen LogP contribution in [-0.4, -0.2) is 0 Å². The van der Waals surface area contributed by atoms with Gasteiger partial charge in [-0.05, 0) is 31.1 Å². The van der Waals surface area contributed by atoms with E-state index in [1.165, 1.54) is 25.7 Å². The lowest BCUT2D eigenvalue weighted by atomic mass is 9.96. The molecule has 62 valence electrons.